The molecule has 0 saturated carbocycles. The number of allylic oxidation sites excluding steroid dienone is 1. The molecule has 19 heavy (non-hydrogen) atoms. The molecule has 0 aromatic heterocycles. The van der Waals surface area contributed by atoms with Crippen LogP contribution in [0.5, 0.6) is 0 Å². The van der Waals surface area contributed by atoms with E-state index in [-0.39, 0.29) is 18.1 Å². The van der Waals surface area contributed by atoms with E-state index in [9.17, 15) is 18.0 Å². The number of nitrogens with zero attached hydrogens (tertiary/aromatic N) is 1. The van der Waals surface area contributed by atoms with E-state index in [0.717, 1.165) is 11.6 Å². The topological polar surface area (TPSA) is 20.3 Å². The maximum atomic E-state index is 13.1. The van der Waals surface area contributed by atoms with E-state index in [2.05, 4.69) is 0 Å². The molecule has 0 aliphatic carbocycles. The monoisotopic (exact) mass is 269 g/mol. The van der Waals surface area contributed by atoms with Gasteiger partial charge in [0, 0.05) is 17.7 Å². The summed E-state index contributed by atoms with van der Waals surface area (Å²) in [5.41, 5.74) is 0.710. The molecule has 1 heterocycles. The van der Waals surface area contributed by atoms with Gasteiger partial charge in [-0.05, 0) is 26.8 Å². The highest BCUT2D eigenvalue weighted by atomic mass is 19.4. The smallest absolute Gasteiger partial charge is 0.307 e. The lowest BCUT2D eigenvalue weighted by atomic mass is 10.0. The molecule has 1 amide bonds. The number of benzene rings is 1. The fourth-order valence-corrected chi connectivity index (χ4v) is 2.40. The van der Waals surface area contributed by atoms with Crippen molar-refractivity contribution in [2.75, 3.05) is 11.4 Å². The van der Waals surface area contributed by atoms with E-state index >= 15 is 0 Å². The summed E-state index contributed by atoms with van der Waals surface area (Å²) in [6.07, 6.45) is -4.46. The zero-order chi connectivity index (χ0) is 14.4. The molecule has 0 spiro atoms. The Balaban J connectivity index is 2.79. The third kappa shape index (κ3) is 2.03. The number of rotatable bonds is 1. The van der Waals surface area contributed by atoms with Crippen molar-refractivity contribution >= 4 is 17.2 Å². The second-order valence-corrected chi connectivity index (χ2v) is 4.62. The third-order valence-electron chi connectivity index (χ3n) is 3.16. The second-order valence-electron chi connectivity index (χ2n) is 4.62. The Morgan fingerprint density at radius 1 is 1.26 bits per heavy atom. The van der Waals surface area contributed by atoms with Gasteiger partial charge in [-0.1, -0.05) is 17.7 Å². The highest BCUT2D eigenvalue weighted by Gasteiger charge is 2.42. The highest BCUT2D eigenvalue weighted by Crippen LogP contribution is 2.46. The normalized spacial score (nSPS) is 14.9. The molecule has 1 aliphatic heterocycles. The van der Waals surface area contributed by atoms with Crippen molar-refractivity contribution in [3.05, 3.63) is 34.9 Å². The lowest BCUT2D eigenvalue weighted by Crippen LogP contribution is -2.27. The Kier molecular flexibility index (Phi) is 3.16. The van der Waals surface area contributed by atoms with Crippen molar-refractivity contribution in [1.29, 1.82) is 0 Å². The number of hydrogen-bond acceptors (Lipinski definition) is 1. The maximum absolute atomic E-state index is 13.1. The number of carbonyl (C=O) groups is 1. The van der Waals surface area contributed by atoms with Crippen LogP contribution in [0.15, 0.2) is 23.8 Å². The summed E-state index contributed by atoms with van der Waals surface area (Å²) in [5.74, 6) is -0.353. The summed E-state index contributed by atoms with van der Waals surface area (Å²) < 4.78 is 39.2. The lowest BCUT2D eigenvalue weighted by Gasteiger charge is -2.19. The second kappa shape index (κ2) is 4.40. The molecule has 5 heteroatoms. The van der Waals surface area contributed by atoms with Crippen molar-refractivity contribution in [1.82, 2.24) is 0 Å². The van der Waals surface area contributed by atoms with Gasteiger partial charge in [-0.25, -0.2) is 0 Å². The van der Waals surface area contributed by atoms with Crippen molar-refractivity contribution in [3.63, 3.8) is 0 Å². The molecule has 2 nitrogen and oxygen atoms in total. The molecule has 2 rings (SSSR count). The largest absolute Gasteiger partial charge is 0.418 e. The number of para-hydroxylation sites is 1. The van der Waals surface area contributed by atoms with Gasteiger partial charge in [0.25, 0.3) is 5.91 Å². The Labute approximate surface area is 109 Å². The highest BCUT2D eigenvalue weighted by molar-refractivity contribution is 6.33. The van der Waals surface area contributed by atoms with Crippen LogP contribution in [0.2, 0.25) is 0 Å². The van der Waals surface area contributed by atoms with Gasteiger partial charge >= 0.3 is 6.18 Å². The van der Waals surface area contributed by atoms with Crippen LogP contribution in [0, 0.1) is 0 Å². The van der Waals surface area contributed by atoms with E-state index in [1.807, 2.05) is 0 Å². The standard InChI is InChI=1S/C14H14F3NO/c1-4-18-12-9(11(8(2)3)13(18)19)6-5-7-10(12)14(15,16)17/h5-7H,4H2,1-3H3. The average molecular weight is 269 g/mol. The van der Waals surface area contributed by atoms with Crippen molar-refractivity contribution in [2.24, 2.45) is 0 Å². The molecule has 1 aromatic rings. The van der Waals surface area contributed by atoms with Gasteiger partial charge in [-0.15, -0.1) is 0 Å². The number of alkyl halides is 3. The molecule has 0 fully saturated rings. The van der Waals surface area contributed by atoms with E-state index in [1.54, 1.807) is 26.8 Å². The zero-order valence-electron chi connectivity index (χ0n) is 10.9. The molecule has 0 bridgehead atoms. The van der Waals surface area contributed by atoms with Crippen LogP contribution >= 0.6 is 0 Å². The summed E-state index contributed by atoms with van der Waals surface area (Å²) in [6.45, 7) is 5.35. The van der Waals surface area contributed by atoms with Gasteiger partial charge in [0.2, 0.25) is 0 Å². The first-order valence-corrected chi connectivity index (χ1v) is 5.99. The first-order chi connectivity index (χ1) is 8.79. The van der Waals surface area contributed by atoms with Crippen LogP contribution in [0.3, 0.4) is 0 Å². The molecule has 0 saturated heterocycles. The first-order valence-electron chi connectivity index (χ1n) is 5.99. The van der Waals surface area contributed by atoms with Gasteiger partial charge in [-0.3, -0.25) is 4.79 Å². The first kappa shape index (κ1) is 13.6. The Bertz CT molecular complexity index is 569. The Hall–Kier alpha value is -1.78. The van der Waals surface area contributed by atoms with Crippen LogP contribution in [0.25, 0.3) is 5.57 Å². The van der Waals surface area contributed by atoms with E-state index in [4.69, 9.17) is 0 Å². The quantitative estimate of drug-likeness (QED) is 0.709. The van der Waals surface area contributed by atoms with Gasteiger partial charge in [-0.2, -0.15) is 13.2 Å². The number of anilines is 1. The number of amides is 1. The summed E-state index contributed by atoms with van der Waals surface area (Å²) in [4.78, 5) is 13.4. The maximum Gasteiger partial charge on any atom is 0.418 e. The van der Waals surface area contributed by atoms with Gasteiger partial charge in [0.05, 0.1) is 11.3 Å². The van der Waals surface area contributed by atoms with Gasteiger partial charge in [0.1, 0.15) is 0 Å². The van der Waals surface area contributed by atoms with Crippen LogP contribution in [-0.2, 0) is 11.0 Å². The van der Waals surface area contributed by atoms with E-state index < -0.39 is 11.7 Å². The molecular formula is C14H14F3NO. The minimum Gasteiger partial charge on any atom is -0.307 e. The summed E-state index contributed by atoms with van der Waals surface area (Å²) >= 11 is 0. The van der Waals surface area contributed by atoms with E-state index in [0.29, 0.717) is 11.1 Å². The third-order valence-corrected chi connectivity index (χ3v) is 3.16. The summed E-state index contributed by atoms with van der Waals surface area (Å²) in [7, 11) is 0. The molecule has 1 aliphatic rings. The summed E-state index contributed by atoms with van der Waals surface area (Å²) in [6, 6.07) is 3.93. The van der Waals surface area contributed by atoms with Crippen LogP contribution in [0.4, 0.5) is 18.9 Å². The molecule has 0 N–H and O–H groups in total. The number of hydrogen-bond donors (Lipinski definition) is 0. The number of carbonyl (C=O) groups excluding carboxylic acids is 1. The number of likely N-dealkylation sites (N-methyl/N-ethyl adjacent to an activating group) is 1. The summed E-state index contributed by atoms with van der Waals surface area (Å²) in [5, 5.41) is 0. The predicted octanol–water partition coefficient (Wildman–Crippen LogP) is 3.87. The molecule has 102 valence electrons. The van der Waals surface area contributed by atoms with E-state index in [1.165, 1.54) is 11.0 Å². The van der Waals surface area contributed by atoms with Crippen molar-refractivity contribution < 1.29 is 18.0 Å². The van der Waals surface area contributed by atoms with Crippen molar-refractivity contribution in [2.45, 2.75) is 26.9 Å². The fourth-order valence-electron chi connectivity index (χ4n) is 2.40. The minimum atomic E-state index is -4.46. The van der Waals surface area contributed by atoms with Gasteiger partial charge < -0.3 is 4.90 Å². The number of halogens is 3. The Morgan fingerprint density at radius 2 is 1.89 bits per heavy atom. The van der Waals surface area contributed by atoms with Crippen LogP contribution < -0.4 is 4.90 Å². The van der Waals surface area contributed by atoms with Crippen molar-refractivity contribution in [3.8, 4) is 0 Å². The van der Waals surface area contributed by atoms with Crippen LogP contribution in [-0.4, -0.2) is 12.5 Å². The fraction of sp³-hybridized carbons (Fsp3) is 0.357. The molecule has 1 aromatic carbocycles. The van der Waals surface area contributed by atoms with Gasteiger partial charge in [0.15, 0.2) is 0 Å². The molecule has 0 unspecified atom stereocenters. The SMILES string of the molecule is CCN1C(=O)C(=C(C)C)c2cccc(C(F)(F)F)c21. The molecular weight excluding hydrogens is 255 g/mol. The molecule has 0 radical (unpaired) electrons. The average Bonchev–Trinajstić information content (AvgIpc) is 2.58. The zero-order valence-corrected chi connectivity index (χ0v) is 10.9. The lowest BCUT2D eigenvalue weighted by molar-refractivity contribution is -0.137. The predicted molar refractivity (Wildman–Crippen MR) is 67.7 cm³/mol. The van der Waals surface area contributed by atoms with Crippen LogP contribution in [0.1, 0.15) is 31.9 Å². The molecule has 0 atom stereocenters. The number of fused-ring (bicyclic) bond motifs is 1. The Morgan fingerprint density at radius 3 is 2.37 bits per heavy atom. The minimum absolute atomic E-state index is 0.0151.